The van der Waals surface area contributed by atoms with Crippen LogP contribution in [0.3, 0.4) is 0 Å². The number of nitrogens with zero attached hydrogens (tertiary/aromatic N) is 1. The minimum Gasteiger partial charge on any atom is -0.373 e. The highest BCUT2D eigenvalue weighted by molar-refractivity contribution is 7.87. The van der Waals surface area contributed by atoms with Crippen molar-refractivity contribution >= 4 is 10.2 Å². The second-order valence-electron chi connectivity index (χ2n) is 4.99. The summed E-state index contributed by atoms with van der Waals surface area (Å²) in [6.07, 6.45) is -0.299. The Kier molecular flexibility index (Phi) is 4.74. The van der Waals surface area contributed by atoms with Crippen molar-refractivity contribution < 1.29 is 17.5 Å². The number of morpholine rings is 1. The fourth-order valence-corrected chi connectivity index (χ4v) is 3.56. The first kappa shape index (κ1) is 15.4. The molecule has 0 spiro atoms. The maximum Gasteiger partial charge on any atom is 0.279 e. The summed E-state index contributed by atoms with van der Waals surface area (Å²) in [5, 5.41) is 0. The Morgan fingerprint density at radius 3 is 2.50 bits per heavy atom. The van der Waals surface area contributed by atoms with Gasteiger partial charge in [0.15, 0.2) is 0 Å². The Balaban J connectivity index is 2.02. The van der Waals surface area contributed by atoms with E-state index in [1.165, 1.54) is 10.4 Å². The van der Waals surface area contributed by atoms with Gasteiger partial charge in [-0.15, -0.1) is 0 Å². The Hall–Kier alpha value is -1.02. The van der Waals surface area contributed by atoms with Crippen LogP contribution in [0.15, 0.2) is 24.3 Å². The number of halogens is 1. The largest absolute Gasteiger partial charge is 0.373 e. The van der Waals surface area contributed by atoms with Crippen LogP contribution < -0.4 is 4.72 Å². The average molecular weight is 302 g/mol. The smallest absolute Gasteiger partial charge is 0.279 e. The van der Waals surface area contributed by atoms with Crippen LogP contribution in [0.4, 0.5) is 4.39 Å². The second-order valence-corrected chi connectivity index (χ2v) is 6.75. The highest BCUT2D eigenvalue weighted by atomic mass is 32.2. The first-order valence-electron chi connectivity index (χ1n) is 6.52. The van der Waals surface area contributed by atoms with Gasteiger partial charge in [0.2, 0.25) is 0 Å². The molecule has 1 heterocycles. The van der Waals surface area contributed by atoms with Crippen molar-refractivity contribution in [3.05, 3.63) is 35.6 Å². The molecule has 7 heteroatoms. The van der Waals surface area contributed by atoms with E-state index < -0.39 is 16.0 Å². The number of ether oxygens (including phenoxy) is 1. The van der Waals surface area contributed by atoms with E-state index >= 15 is 0 Å². The minimum atomic E-state index is -3.63. The molecule has 2 rings (SSSR count). The second kappa shape index (κ2) is 6.17. The van der Waals surface area contributed by atoms with Crippen LogP contribution in [-0.2, 0) is 21.5 Å². The fourth-order valence-electron chi connectivity index (χ4n) is 2.23. The lowest BCUT2D eigenvalue weighted by atomic mass is 10.2. The molecule has 5 nitrogen and oxygen atoms in total. The van der Waals surface area contributed by atoms with Crippen molar-refractivity contribution in [3.63, 3.8) is 0 Å². The van der Waals surface area contributed by atoms with Crippen LogP contribution in [0, 0.1) is 5.82 Å². The van der Waals surface area contributed by atoms with Gasteiger partial charge < -0.3 is 4.74 Å². The van der Waals surface area contributed by atoms with Gasteiger partial charge in [0.25, 0.3) is 10.2 Å². The highest BCUT2D eigenvalue weighted by Crippen LogP contribution is 2.14. The minimum absolute atomic E-state index is 0.0604. The maximum atomic E-state index is 13.5. The molecule has 0 bridgehead atoms. The van der Waals surface area contributed by atoms with E-state index in [0.29, 0.717) is 18.7 Å². The van der Waals surface area contributed by atoms with Gasteiger partial charge >= 0.3 is 0 Å². The molecular weight excluding hydrogens is 283 g/mol. The highest BCUT2D eigenvalue weighted by Gasteiger charge is 2.30. The summed E-state index contributed by atoms with van der Waals surface area (Å²) in [5.41, 5.74) is 0.324. The van der Waals surface area contributed by atoms with E-state index in [0.717, 1.165) is 0 Å². The molecule has 2 atom stereocenters. The van der Waals surface area contributed by atoms with E-state index in [1.807, 2.05) is 13.8 Å². The van der Waals surface area contributed by atoms with Gasteiger partial charge in [-0.25, -0.2) is 4.39 Å². The molecule has 0 radical (unpaired) electrons. The normalized spacial score (nSPS) is 24.8. The first-order valence-corrected chi connectivity index (χ1v) is 7.96. The summed E-state index contributed by atoms with van der Waals surface area (Å²) in [6, 6.07) is 6.11. The molecule has 1 saturated heterocycles. The van der Waals surface area contributed by atoms with Crippen LogP contribution >= 0.6 is 0 Å². The predicted molar refractivity (Wildman–Crippen MR) is 73.7 cm³/mol. The number of hydrogen-bond donors (Lipinski definition) is 1. The van der Waals surface area contributed by atoms with E-state index in [9.17, 15) is 12.8 Å². The fraction of sp³-hybridized carbons (Fsp3) is 0.538. The third kappa shape index (κ3) is 3.76. The maximum absolute atomic E-state index is 13.5. The molecule has 1 aliphatic rings. The molecule has 0 amide bonds. The predicted octanol–water partition coefficient (Wildman–Crippen LogP) is 1.27. The number of nitrogens with one attached hydrogen (secondary N) is 1. The van der Waals surface area contributed by atoms with Gasteiger partial charge in [-0.2, -0.15) is 17.4 Å². The molecule has 0 aliphatic carbocycles. The van der Waals surface area contributed by atoms with Crippen LogP contribution in [0.1, 0.15) is 19.4 Å². The molecule has 1 N–H and O–H groups in total. The van der Waals surface area contributed by atoms with E-state index in [-0.39, 0.29) is 18.8 Å². The van der Waals surface area contributed by atoms with Gasteiger partial charge in [0, 0.05) is 25.2 Å². The summed E-state index contributed by atoms with van der Waals surface area (Å²) >= 11 is 0. The Bertz CT molecular complexity index is 554. The Morgan fingerprint density at radius 1 is 1.30 bits per heavy atom. The van der Waals surface area contributed by atoms with Crippen LogP contribution in [-0.4, -0.2) is 38.0 Å². The lowest BCUT2D eigenvalue weighted by Gasteiger charge is -2.34. The number of hydrogen-bond acceptors (Lipinski definition) is 3. The molecular formula is C13H19FN2O3S. The molecule has 1 aromatic rings. The van der Waals surface area contributed by atoms with E-state index in [4.69, 9.17) is 4.74 Å². The lowest BCUT2D eigenvalue weighted by molar-refractivity contribution is -0.0444. The van der Waals surface area contributed by atoms with E-state index in [2.05, 4.69) is 4.72 Å². The van der Waals surface area contributed by atoms with Crippen LogP contribution in [0.25, 0.3) is 0 Å². The summed E-state index contributed by atoms with van der Waals surface area (Å²) < 4.78 is 47.1. The van der Waals surface area contributed by atoms with Crippen LogP contribution in [0.5, 0.6) is 0 Å². The topological polar surface area (TPSA) is 58.6 Å². The summed E-state index contributed by atoms with van der Waals surface area (Å²) in [5.74, 6) is -0.418. The molecule has 20 heavy (non-hydrogen) atoms. The molecule has 0 saturated carbocycles. The zero-order valence-corrected chi connectivity index (χ0v) is 12.4. The first-order chi connectivity index (χ1) is 9.38. The van der Waals surface area contributed by atoms with Crippen molar-refractivity contribution in [1.82, 2.24) is 9.03 Å². The van der Waals surface area contributed by atoms with Crippen molar-refractivity contribution in [2.75, 3.05) is 13.1 Å². The van der Waals surface area contributed by atoms with Gasteiger partial charge in [0.1, 0.15) is 5.82 Å². The van der Waals surface area contributed by atoms with Crippen molar-refractivity contribution in [1.29, 1.82) is 0 Å². The molecule has 112 valence electrons. The molecule has 1 aromatic carbocycles. The number of benzene rings is 1. The number of rotatable bonds is 4. The molecule has 1 aliphatic heterocycles. The van der Waals surface area contributed by atoms with Crippen LogP contribution in [0.2, 0.25) is 0 Å². The summed E-state index contributed by atoms with van der Waals surface area (Å²) in [6.45, 7) is 4.20. The monoisotopic (exact) mass is 302 g/mol. The zero-order chi connectivity index (χ0) is 14.8. The lowest BCUT2D eigenvalue weighted by Crippen LogP contribution is -2.51. The van der Waals surface area contributed by atoms with Gasteiger partial charge in [-0.1, -0.05) is 18.2 Å². The standard InChI is InChI=1S/C13H19FN2O3S/c1-10-8-16(9-11(2)19-10)20(17,18)15-7-12-5-3-4-6-13(12)14/h3-6,10-11,15H,7-9H2,1-2H3. The van der Waals surface area contributed by atoms with Crippen molar-refractivity contribution in [2.24, 2.45) is 0 Å². The average Bonchev–Trinajstić information content (AvgIpc) is 2.37. The van der Waals surface area contributed by atoms with Crippen molar-refractivity contribution in [2.45, 2.75) is 32.6 Å². The summed E-state index contributed by atoms with van der Waals surface area (Å²) in [7, 11) is -3.63. The molecule has 2 unspecified atom stereocenters. The molecule has 1 fully saturated rings. The third-order valence-electron chi connectivity index (χ3n) is 3.13. The zero-order valence-electron chi connectivity index (χ0n) is 11.5. The third-order valence-corrected chi connectivity index (χ3v) is 4.62. The quantitative estimate of drug-likeness (QED) is 0.911. The van der Waals surface area contributed by atoms with E-state index in [1.54, 1.807) is 18.2 Å². The summed E-state index contributed by atoms with van der Waals surface area (Å²) in [4.78, 5) is 0. The van der Waals surface area contributed by atoms with Gasteiger partial charge in [0.05, 0.1) is 12.2 Å². The van der Waals surface area contributed by atoms with Gasteiger partial charge in [-0.05, 0) is 19.9 Å². The van der Waals surface area contributed by atoms with Gasteiger partial charge in [-0.3, -0.25) is 0 Å². The molecule has 0 aromatic heterocycles. The van der Waals surface area contributed by atoms with Crippen molar-refractivity contribution in [3.8, 4) is 0 Å². The SMILES string of the molecule is CC1CN(S(=O)(=O)NCc2ccccc2F)CC(C)O1. The Morgan fingerprint density at radius 2 is 1.90 bits per heavy atom. The Labute approximate surface area is 118 Å².